The van der Waals surface area contributed by atoms with Crippen LogP contribution in [0.4, 0.5) is 5.13 Å². The van der Waals surface area contributed by atoms with Gasteiger partial charge in [-0.05, 0) is 36.6 Å². The molecule has 0 spiro atoms. The largest absolute Gasteiger partial charge is 0.463 e. The molecule has 0 bridgehead atoms. The molecule has 1 aliphatic rings. The summed E-state index contributed by atoms with van der Waals surface area (Å²) >= 11 is 1.18. The monoisotopic (exact) mass is 408 g/mol. The fourth-order valence-corrected chi connectivity index (χ4v) is 4.14. The van der Waals surface area contributed by atoms with Crippen molar-refractivity contribution < 1.29 is 18.7 Å². The zero-order valence-electron chi connectivity index (χ0n) is 15.7. The van der Waals surface area contributed by atoms with Crippen molar-refractivity contribution in [1.29, 1.82) is 0 Å². The average Bonchev–Trinajstić information content (AvgIpc) is 3.43. The van der Waals surface area contributed by atoms with E-state index in [0.29, 0.717) is 47.5 Å². The number of hydrogen-bond acceptors (Lipinski definition) is 6. The van der Waals surface area contributed by atoms with Crippen LogP contribution in [0, 0.1) is 5.92 Å². The van der Waals surface area contributed by atoms with Crippen LogP contribution in [0.3, 0.4) is 0 Å². The summed E-state index contributed by atoms with van der Waals surface area (Å²) in [5, 5.41) is 3.13. The Labute approximate surface area is 172 Å². The third-order valence-electron chi connectivity index (χ3n) is 4.65. The molecule has 1 aromatic carbocycles. The van der Waals surface area contributed by atoms with Gasteiger partial charge in [0.2, 0.25) is 5.91 Å². The van der Waals surface area contributed by atoms with Gasteiger partial charge < -0.3 is 9.15 Å². The topological polar surface area (TPSA) is 81.4 Å². The standard InChI is InChI=1S/C22H20N2O4S/c25-18(9-8-15-5-2-1-3-6-15)23-22-24-19(17-7-4-12-28-17)21(29-22)20(26)16-10-13-27-14-11-16/h1-9,12,16H,10-11,13-14H2,(H,23,24,25). The van der Waals surface area contributed by atoms with Gasteiger partial charge >= 0.3 is 0 Å². The molecule has 2 aromatic heterocycles. The molecule has 29 heavy (non-hydrogen) atoms. The number of nitrogens with zero attached hydrogens (tertiary/aromatic N) is 1. The van der Waals surface area contributed by atoms with E-state index in [2.05, 4.69) is 10.3 Å². The van der Waals surface area contributed by atoms with E-state index in [1.807, 2.05) is 30.3 Å². The lowest BCUT2D eigenvalue weighted by atomic mass is 9.94. The Morgan fingerprint density at radius 1 is 1.10 bits per heavy atom. The number of carbonyl (C=O) groups is 2. The molecule has 0 aliphatic carbocycles. The Hall–Kier alpha value is -3.03. The molecule has 0 unspecified atom stereocenters. The normalized spacial score (nSPS) is 14.9. The van der Waals surface area contributed by atoms with Gasteiger partial charge in [-0.25, -0.2) is 4.98 Å². The van der Waals surface area contributed by atoms with Gasteiger partial charge in [0, 0.05) is 25.2 Å². The molecular formula is C22H20N2O4S. The third kappa shape index (κ3) is 4.70. The molecule has 0 saturated carbocycles. The lowest BCUT2D eigenvalue weighted by Crippen LogP contribution is -2.23. The van der Waals surface area contributed by atoms with E-state index in [1.54, 1.807) is 18.2 Å². The third-order valence-corrected chi connectivity index (χ3v) is 5.64. The predicted octanol–water partition coefficient (Wildman–Crippen LogP) is 4.66. The summed E-state index contributed by atoms with van der Waals surface area (Å²) < 4.78 is 10.8. The Morgan fingerprint density at radius 2 is 1.90 bits per heavy atom. The number of carbonyl (C=O) groups excluding carboxylic acids is 2. The number of rotatable bonds is 6. The summed E-state index contributed by atoms with van der Waals surface area (Å²) in [6.45, 7) is 1.17. The number of benzene rings is 1. The van der Waals surface area contributed by atoms with Crippen LogP contribution in [0.2, 0.25) is 0 Å². The molecule has 0 radical (unpaired) electrons. The number of amides is 1. The molecule has 1 amide bonds. The molecule has 148 valence electrons. The quantitative estimate of drug-likeness (QED) is 0.474. The summed E-state index contributed by atoms with van der Waals surface area (Å²) in [5.74, 6) is 0.132. The summed E-state index contributed by atoms with van der Waals surface area (Å²) in [7, 11) is 0. The number of nitrogens with one attached hydrogen (secondary N) is 1. The van der Waals surface area contributed by atoms with Gasteiger partial charge in [0.15, 0.2) is 16.7 Å². The van der Waals surface area contributed by atoms with Gasteiger partial charge in [0.05, 0.1) is 6.26 Å². The van der Waals surface area contributed by atoms with Crippen LogP contribution >= 0.6 is 11.3 Å². The smallest absolute Gasteiger partial charge is 0.250 e. The number of anilines is 1. The first-order chi connectivity index (χ1) is 14.2. The van der Waals surface area contributed by atoms with Crippen LogP contribution in [0.1, 0.15) is 28.1 Å². The highest BCUT2D eigenvalue weighted by Crippen LogP contribution is 2.35. The maximum Gasteiger partial charge on any atom is 0.250 e. The zero-order valence-corrected chi connectivity index (χ0v) is 16.5. The minimum atomic E-state index is -0.307. The average molecular weight is 408 g/mol. The molecule has 4 rings (SSSR count). The van der Waals surface area contributed by atoms with E-state index >= 15 is 0 Å². The fourth-order valence-electron chi connectivity index (χ4n) is 3.15. The van der Waals surface area contributed by atoms with E-state index in [4.69, 9.17) is 9.15 Å². The van der Waals surface area contributed by atoms with Crippen molar-refractivity contribution in [3.05, 3.63) is 65.2 Å². The van der Waals surface area contributed by atoms with E-state index in [0.717, 1.165) is 5.56 Å². The second-order valence-corrected chi connectivity index (χ2v) is 7.66. The molecule has 3 aromatic rings. The highest BCUT2D eigenvalue weighted by atomic mass is 32.1. The van der Waals surface area contributed by atoms with Gasteiger partial charge in [0.25, 0.3) is 0 Å². The molecule has 1 N–H and O–H groups in total. The van der Waals surface area contributed by atoms with Crippen LogP contribution in [0.25, 0.3) is 17.5 Å². The number of furan rings is 1. The lowest BCUT2D eigenvalue weighted by Gasteiger charge is -2.20. The molecule has 3 heterocycles. The Kier molecular flexibility index (Phi) is 5.97. The number of hydrogen-bond donors (Lipinski definition) is 1. The van der Waals surface area contributed by atoms with Crippen molar-refractivity contribution in [2.75, 3.05) is 18.5 Å². The second-order valence-electron chi connectivity index (χ2n) is 6.66. The van der Waals surface area contributed by atoms with Gasteiger partial charge in [-0.3, -0.25) is 14.9 Å². The maximum absolute atomic E-state index is 13.1. The highest BCUT2D eigenvalue weighted by Gasteiger charge is 2.29. The summed E-state index contributed by atoms with van der Waals surface area (Å²) in [4.78, 5) is 30.4. The zero-order chi connectivity index (χ0) is 20.1. The Bertz CT molecular complexity index is 1000. The van der Waals surface area contributed by atoms with Crippen LogP contribution in [-0.2, 0) is 9.53 Å². The van der Waals surface area contributed by atoms with Crippen molar-refractivity contribution in [3.63, 3.8) is 0 Å². The van der Waals surface area contributed by atoms with Crippen LogP contribution in [0.5, 0.6) is 0 Å². The van der Waals surface area contributed by atoms with Crippen LogP contribution in [-0.4, -0.2) is 29.9 Å². The first-order valence-electron chi connectivity index (χ1n) is 9.41. The van der Waals surface area contributed by atoms with Crippen LogP contribution < -0.4 is 5.32 Å². The summed E-state index contributed by atoms with van der Waals surface area (Å²) in [6.07, 6.45) is 6.09. The molecule has 6 nitrogen and oxygen atoms in total. The SMILES string of the molecule is O=C(C=Cc1ccccc1)Nc1nc(-c2ccco2)c(C(=O)C2CCOCC2)s1. The molecule has 0 atom stereocenters. The fraction of sp³-hybridized carbons (Fsp3) is 0.227. The van der Waals surface area contributed by atoms with Crippen molar-refractivity contribution in [2.45, 2.75) is 12.8 Å². The number of aromatic nitrogens is 1. The molecule has 1 aliphatic heterocycles. The molecule has 7 heteroatoms. The van der Waals surface area contributed by atoms with Crippen LogP contribution in [0.15, 0.2) is 59.2 Å². The number of thiazole rings is 1. The van der Waals surface area contributed by atoms with Gasteiger partial charge in [-0.1, -0.05) is 41.7 Å². The predicted molar refractivity (Wildman–Crippen MR) is 112 cm³/mol. The maximum atomic E-state index is 13.1. The van der Waals surface area contributed by atoms with E-state index in [9.17, 15) is 9.59 Å². The second kappa shape index (κ2) is 8.98. The Balaban J connectivity index is 1.55. The van der Waals surface area contributed by atoms with Crippen molar-refractivity contribution in [3.8, 4) is 11.5 Å². The number of ether oxygens (including phenoxy) is 1. The van der Waals surface area contributed by atoms with Gasteiger partial charge in [-0.15, -0.1) is 0 Å². The molecular weight excluding hydrogens is 388 g/mol. The van der Waals surface area contributed by atoms with Gasteiger partial charge in [-0.2, -0.15) is 0 Å². The molecule has 1 fully saturated rings. The first kappa shape index (κ1) is 19.3. The van der Waals surface area contributed by atoms with E-state index < -0.39 is 0 Å². The van der Waals surface area contributed by atoms with Crippen molar-refractivity contribution in [1.82, 2.24) is 4.98 Å². The van der Waals surface area contributed by atoms with Crippen molar-refractivity contribution in [2.24, 2.45) is 5.92 Å². The Morgan fingerprint density at radius 3 is 2.62 bits per heavy atom. The van der Waals surface area contributed by atoms with E-state index in [-0.39, 0.29) is 17.6 Å². The molecule has 1 saturated heterocycles. The van der Waals surface area contributed by atoms with E-state index in [1.165, 1.54) is 23.7 Å². The highest BCUT2D eigenvalue weighted by molar-refractivity contribution is 7.18. The summed E-state index contributed by atoms with van der Waals surface area (Å²) in [5.41, 5.74) is 1.40. The van der Waals surface area contributed by atoms with Crippen molar-refractivity contribution >= 4 is 34.2 Å². The minimum absolute atomic E-state index is 0.0255. The number of Topliss-reactive ketones (excluding diaryl/α,β-unsaturated/α-hetero) is 1. The van der Waals surface area contributed by atoms with Gasteiger partial charge in [0.1, 0.15) is 10.6 Å². The number of ketones is 1. The first-order valence-corrected chi connectivity index (χ1v) is 10.2. The summed E-state index contributed by atoms with van der Waals surface area (Å²) in [6, 6.07) is 13.1. The minimum Gasteiger partial charge on any atom is -0.463 e. The lowest BCUT2D eigenvalue weighted by molar-refractivity contribution is -0.111.